The minimum atomic E-state index is -0.413. The summed E-state index contributed by atoms with van der Waals surface area (Å²) in [6.07, 6.45) is 0.308. The number of hydrogen-bond donors (Lipinski definition) is 2. The summed E-state index contributed by atoms with van der Waals surface area (Å²) in [4.78, 5) is 26.9. The third-order valence-corrected chi connectivity index (χ3v) is 5.48. The van der Waals surface area contributed by atoms with Crippen LogP contribution in [0.1, 0.15) is 37.9 Å². The van der Waals surface area contributed by atoms with Crippen LogP contribution < -0.4 is 10.6 Å². The van der Waals surface area contributed by atoms with E-state index >= 15 is 0 Å². The Kier molecular flexibility index (Phi) is 7.41. The Morgan fingerprint density at radius 2 is 1.77 bits per heavy atom. The highest BCUT2D eigenvalue weighted by atomic mass is 32.1. The van der Waals surface area contributed by atoms with E-state index < -0.39 is 6.04 Å². The first-order valence-corrected chi connectivity index (χ1v) is 10.7. The maximum absolute atomic E-state index is 12.7. The predicted molar refractivity (Wildman–Crippen MR) is 125 cm³/mol. The van der Waals surface area contributed by atoms with Crippen LogP contribution in [-0.4, -0.2) is 35.0 Å². The van der Waals surface area contributed by atoms with Crippen molar-refractivity contribution in [2.75, 3.05) is 18.5 Å². The Balaban J connectivity index is 1.79. The summed E-state index contributed by atoms with van der Waals surface area (Å²) in [5, 5.41) is 6.74. The van der Waals surface area contributed by atoms with E-state index in [4.69, 9.17) is 17.0 Å². The zero-order chi connectivity index (χ0) is 22.4. The van der Waals surface area contributed by atoms with Crippen molar-refractivity contribution in [2.24, 2.45) is 0 Å². The molecule has 1 amide bonds. The average molecular weight is 438 g/mol. The minimum absolute atomic E-state index is 0.0857. The molecule has 2 N–H and O–H groups in total. The number of ether oxygens (including phenoxy) is 1. The van der Waals surface area contributed by atoms with Crippen molar-refractivity contribution in [1.82, 2.24) is 10.2 Å². The number of thiocarbonyl (C=S) groups is 1. The van der Waals surface area contributed by atoms with Crippen LogP contribution in [0.2, 0.25) is 0 Å². The Labute approximate surface area is 188 Å². The standard InChI is InChI=1S/C24H27N3O3S/c1-4-27-16(3)21(23(29)30-5-2)22(26-24(27)31)18-11-13-19(14-12-18)25-20(28)15-17-9-7-6-8-10-17/h6-14,22H,4-5,15H2,1-3H3,(H,25,28)(H,26,31)/t22-/m0/s1. The molecule has 0 aromatic heterocycles. The van der Waals surface area contributed by atoms with Crippen molar-refractivity contribution >= 4 is 34.9 Å². The lowest BCUT2D eigenvalue weighted by molar-refractivity contribution is -0.139. The highest BCUT2D eigenvalue weighted by Crippen LogP contribution is 2.32. The van der Waals surface area contributed by atoms with Gasteiger partial charge in [0.05, 0.1) is 24.6 Å². The Morgan fingerprint density at radius 3 is 2.39 bits per heavy atom. The monoisotopic (exact) mass is 437 g/mol. The van der Waals surface area contributed by atoms with Gasteiger partial charge in [-0.1, -0.05) is 42.5 Å². The van der Waals surface area contributed by atoms with Crippen LogP contribution in [0, 0.1) is 0 Å². The Hall–Kier alpha value is -3.19. The van der Waals surface area contributed by atoms with Crippen LogP contribution in [-0.2, 0) is 20.7 Å². The van der Waals surface area contributed by atoms with E-state index in [0.717, 1.165) is 16.8 Å². The number of nitrogens with zero attached hydrogens (tertiary/aromatic N) is 1. The van der Waals surface area contributed by atoms with Crippen LogP contribution in [0.15, 0.2) is 65.9 Å². The zero-order valence-corrected chi connectivity index (χ0v) is 18.8. The number of allylic oxidation sites excluding steroid dienone is 1. The van der Waals surface area contributed by atoms with Crippen LogP contribution in [0.4, 0.5) is 5.69 Å². The molecule has 2 aromatic rings. The summed E-state index contributed by atoms with van der Waals surface area (Å²) >= 11 is 5.50. The molecule has 0 bridgehead atoms. The second-order valence-corrected chi connectivity index (χ2v) is 7.57. The Morgan fingerprint density at radius 1 is 1.10 bits per heavy atom. The third kappa shape index (κ3) is 5.30. The largest absolute Gasteiger partial charge is 0.463 e. The van der Waals surface area contributed by atoms with Crippen molar-refractivity contribution in [3.8, 4) is 0 Å². The zero-order valence-electron chi connectivity index (χ0n) is 18.0. The summed E-state index contributed by atoms with van der Waals surface area (Å²) in [5.41, 5.74) is 3.84. The molecule has 7 heteroatoms. The number of esters is 1. The van der Waals surface area contributed by atoms with Crippen LogP contribution in [0.3, 0.4) is 0 Å². The van der Waals surface area contributed by atoms with Gasteiger partial charge in [0, 0.05) is 17.9 Å². The molecule has 0 spiro atoms. The first-order chi connectivity index (χ1) is 14.9. The molecular formula is C24H27N3O3S. The van der Waals surface area contributed by atoms with Crippen molar-refractivity contribution in [3.63, 3.8) is 0 Å². The molecule has 1 heterocycles. The first-order valence-electron chi connectivity index (χ1n) is 10.3. The second-order valence-electron chi connectivity index (χ2n) is 7.18. The molecule has 1 aliphatic rings. The predicted octanol–water partition coefficient (Wildman–Crippen LogP) is 3.96. The van der Waals surface area contributed by atoms with Gasteiger partial charge < -0.3 is 20.3 Å². The van der Waals surface area contributed by atoms with E-state index in [1.807, 2.05) is 73.3 Å². The van der Waals surface area contributed by atoms with Gasteiger partial charge in [-0.2, -0.15) is 0 Å². The van der Waals surface area contributed by atoms with Gasteiger partial charge in [-0.3, -0.25) is 4.79 Å². The summed E-state index contributed by atoms with van der Waals surface area (Å²) in [5.74, 6) is -0.448. The smallest absolute Gasteiger partial charge is 0.338 e. The summed E-state index contributed by atoms with van der Waals surface area (Å²) in [6.45, 7) is 6.60. The van der Waals surface area contributed by atoms with Crippen molar-refractivity contribution < 1.29 is 14.3 Å². The van der Waals surface area contributed by atoms with Crippen LogP contribution in [0.25, 0.3) is 0 Å². The van der Waals surface area contributed by atoms with Gasteiger partial charge in [-0.15, -0.1) is 0 Å². The van der Waals surface area contributed by atoms with Gasteiger partial charge in [0.15, 0.2) is 5.11 Å². The fraction of sp³-hybridized carbons (Fsp3) is 0.292. The van der Waals surface area contributed by atoms with Gasteiger partial charge >= 0.3 is 5.97 Å². The third-order valence-electron chi connectivity index (χ3n) is 5.14. The van der Waals surface area contributed by atoms with E-state index in [-0.39, 0.29) is 11.9 Å². The lowest BCUT2D eigenvalue weighted by Gasteiger charge is -2.37. The maximum Gasteiger partial charge on any atom is 0.338 e. The van der Waals surface area contributed by atoms with E-state index in [9.17, 15) is 9.59 Å². The molecule has 31 heavy (non-hydrogen) atoms. The topological polar surface area (TPSA) is 70.7 Å². The van der Waals surface area contributed by atoms with Gasteiger partial charge in [0.25, 0.3) is 0 Å². The normalized spacial score (nSPS) is 16.0. The highest BCUT2D eigenvalue weighted by Gasteiger charge is 2.34. The molecule has 1 atom stereocenters. The molecule has 1 aliphatic heterocycles. The number of nitrogens with one attached hydrogen (secondary N) is 2. The van der Waals surface area contributed by atoms with E-state index in [0.29, 0.717) is 35.9 Å². The number of amides is 1. The molecule has 3 rings (SSSR count). The molecule has 0 radical (unpaired) electrons. The quantitative estimate of drug-likeness (QED) is 0.505. The van der Waals surface area contributed by atoms with Crippen LogP contribution in [0.5, 0.6) is 0 Å². The molecule has 162 valence electrons. The molecule has 0 aliphatic carbocycles. The molecule has 0 unspecified atom stereocenters. The van der Waals surface area contributed by atoms with E-state index in [2.05, 4.69) is 10.6 Å². The van der Waals surface area contributed by atoms with Gasteiger partial charge in [-0.25, -0.2) is 4.79 Å². The fourth-order valence-electron chi connectivity index (χ4n) is 3.63. The number of carbonyl (C=O) groups excluding carboxylic acids is 2. The van der Waals surface area contributed by atoms with Crippen molar-refractivity contribution in [1.29, 1.82) is 0 Å². The molecule has 0 fully saturated rings. The second kappa shape index (κ2) is 10.2. The lowest BCUT2D eigenvalue weighted by Crippen LogP contribution is -2.47. The number of hydrogen-bond acceptors (Lipinski definition) is 4. The van der Waals surface area contributed by atoms with Gasteiger partial charge in [0.2, 0.25) is 5.91 Å². The number of carbonyl (C=O) groups is 2. The van der Waals surface area contributed by atoms with Crippen molar-refractivity contribution in [3.05, 3.63) is 77.0 Å². The molecule has 6 nitrogen and oxygen atoms in total. The lowest BCUT2D eigenvalue weighted by atomic mass is 9.95. The summed E-state index contributed by atoms with van der Waals surface area (Å²) < 4.78 is 5.30. The van der Waals surface area contributed by atoms with Gasteiger partial charge in [-0.05, 0) is 56.2 Å². The number of rotatable bonds is 7. The summed E-state index contributed by atoms with van der Waals surface area (Å²) in [6, 6.07) is 16.6. The Bertz CT molecular complexity index is 987. The number of anilines is 1. The van der Waals surface area contributed by atoms with E-state index in [1.54, 1.807) is 6.92 Å². The SMILES string of the molecule is CCOC(=O)C1=C(C)N(CC)C(=S)N[C@H]1c1ccc(NC(=O)Cc2ccccc2)cc1. The number of benzene rings is 2. The molecule has 0 saturated carbocycles. The summed E-state index contributed by atoms with van der Waals surface area (Å²) in [7, 11) is 0. The molecule has 0 saturated heterocycles. The van der Waals surface area contributed by atoms with Crippen molar-refractivity contribution in [2.45, 2.75) is 33.2 Å². The minimum Gasteiger partial charge on any atom is -0.463 e. The first kappa shape index (κ1) is 22.5. The van der Waals surface area contributed by atoms with E-state index in [1.165, 1.54) is 0 Å². The van der Waals surface area contributed by atoms with Gasteiger partial charge in [0.1, 0.15) is 0 Å². The molecular weight excluding hydrogens is 410 g/mol. The van der Waals surface area contributed by atoms with Crippen LogP contribution >= 0.6 is 12.2 Å². The molecule has 2 aromatic carbocycles. The fourth-order valence-corrected chi connectivity index (χ4v) is 4.01. The highest BCUT2D eigenvalue weighted by molar-refractivity contribution is 7.80. The maximum atomic E-state index is 12.7. The average Bonchev–Trinajstić information content (AvgIpc) is 2.75.